The quantitative estimate of drug-likeness (QED) is 0.353. The molecule has 0 saturated heterocycles. The minimum absolute atomic E-state index is 0.0745. The van der Waals surface area contributed by atoms with Gasteiger partial charge in [-0.15, -0.1) is 0 Å². The van der Waals surface area contributed by atoms with Crippen molar-refractivity contribution >= 4 is 22.6 Å². The number of aliphatic imine (C=N–C) groups is 1. The Bertz CT molecular complexity index is 926. The van der Waals surface area contributed by atoms with Gasteiger partial charge in [-0.1, -0.05) is 11.8 Å². The number of hydrogen-bond donors (Lipinski definition) is 1. The molecule has 0 spiro atoms. The molecule has 1 aliphatic rings. The van der Waals surface area contributed by atoms with E-state index >= 15 is 0 Å². The summed E-state index contributed by atoms with van der Waals surface area (Å²) in [4.78, 5) is 4.07. The summed E-state index contributed by atoms with van der Waals surface area (Å²) in [6.45, 7) is 0.0888. The van der Waals surface area contributed by atoms with Crippen LogP contribution in [0.25, 0.3) is 0 Å². The zero-order valence-electron chi connectivity index (χ0n) is 13.8. The number of benzene rings is 2. The first kappa shape index (κ1) is 18.7. The van der Waals surface area contributed by atoms with Gasteiger partial charge in [0.15, 0.2) is 28.6 Å². The molecule has 1 heterocycles. The van der Waals surface area contributed by atoms with E-state index in [2.05, 4.69) is 10.3 Å². The lowest BCUT2D eigenvalue weighted by molar-refractivity contribution is -0.137. The van der Waals surface area contributed by atoms with Crippen molar-refractivity contribution in [3.8, 4) is 29.2 Å². The van der Waals surface area contributed by atoms with Gasteiger partial charge < -0.3 is 14.2 Å². The maximum Gasteiger partial charge on any atom is 0.416 e. The molecule has 1 N–H and O–H groups in total. The van der Waals surface area contributed by atoms with Gasteiger partial charge in [0, 0.05) is 6.07 Å². The van der Waals surface area contributed by atoms with E-state index in [-0.39, 0.29) is 23.4 Å². The van der Waals surface area contributed by atoms with Gasteiger partial charge in [-0.3, -0.25) is 5.32 Å². The van der Waals surface area contributed by atoms with Gasteiger partial charge in [0.25, 0.3) is 0 Å². The number of ether oxygens (including phenoxy) is 3. The van der Waals surface area contributed by atoms with Crippen LogP contribution in [-0.2, 0) is 6.18 Å². The summed E-state index contributed by atoms with van der Waals surface area (Å²) in [6.07, 6.45) is -1.22. The van der Waals surface area contributed by atoms with Crippen molar-refractivity contribution in [2.75, 3.05) is 13.0 Å². The number of nitrogens with zero attached hydrogens (tertiary/aromatic N) is 2. The van der Waals surface area contributed by atoms with Gasteiger partial charge in [0.1, 0.15) is 11.4 Å². The summed E-state index contributed by atoms with van der Waals surface area (Å²) in [6, 6.07) is 7.74. The number of hydrogen-bond acceptors (Lipinski definition) is 6. The summed E-state index contributed by atoms with van der Waals surface area (Å²) in [5, 5.41) is 11.2. The summed E-state index contributed by atoms with van der Waals surface area (Å²) >= 11 is 1.08. The number of halogens is 3. The standard InChI is InChI=1S/C17H12F3N3O3S/c1-27-16(22-8-21)23-12-6-10(17(18,19)20)2-4-13(12)26-11-3-5-14-15(7-11)25-9-24-14/h2-7H,9H2,1H3,(H,22,23). The summed E-state index contributed by atoms with van der Waals surface area (Å²) in [5.41, 5.74) is -0.953. The smallest absolute Gasteiger partial charge is 0.416 e. The molecule has 0 unspecified atom stereocenters. The number of nitrogens with one attached hydrogen (secondary N) is 1. The summed E-state index contributed by atoms with van der Waals surface area (Å²) in [7, 11) is 0. The van der Waals surface area contributed by atoms with Crippen molar-refractivity contribution in [1.82, 2.24) is 5.32 Å². The lowest BCUT2D eigenvalue weighted by Gasteiger charge is -2.13. The fraction of sp³-hybridized carbons (Fsp3) is 0.176. The van der Waals surface area contributed by atoms with E-state index in [4.69, 9.17) is 19.5 Å². The van der Waals surface area contributed by atoms with Crippen LogP contribution in [0, 0.1) is 11.5 Å². The lowest BCUT2D eigenvalue weighted by atomic mass is 10.2. The van der Waals surface area contributed by atoms with Crippen LogP contribution in [-0.4, -0.2) is 18.2 Å². The Morgan fingerprint density at radius 3 is 2.70 bits per heavy atom. The molecule has 0 aromatic heterocycles. The van der Waals surface area contributed by atoms with Crippen molar-refractivity contribution in [2.45, 2.75) is 6.18 Å². The number of fused-ring (bicyclic) bond motifs is 1. The minimum Gasteiger partial charge on any atom is -0.455 e. The second-order valence-corrected chi connectivity index (χ2v) is 5.95. The molecule has 10 heteroatoms. The van der Waals surface area contributed by atoms with Crippen LogP contribution in [0.1, 0.15) is 5.56 Å². The predicted octanol–water partition coefficient (Wildman–Crippen LogP) is 4.65. The average Bonchev–Trinajstić information content (AvgIpc) is 3.09. The fourth-order valence-corrected chi connectivity index (χ4v) is 2.55. The van der Waals surface area contributed by atoms with Gasteiger partial charge in [0.05, 0.1) is 5.56 Å². The van der Waals surface area contributed by atoms with Gasteiger partial charge in [-0.2, -0.15) is 18.4 Å². The molecule has 6 nitrogen and oxygen atoms in total. The molecule has 2 aromatic carbocycles. The monoisotopic (exact) mass is 395 g/mol. The van der Waals surface area contributed by atoms with Crippen LogP contribution in [0.3, 0.4) is 0 Å². The van der Waals surface area contributed by atoms with Gasteiger partial charge in [-0.05, 0) is 36.6 Å². The van der Waals surface area contributed by atoms with Crippen LogP contribution < -0.4 is 19.5 Å². The van der Waals surface area contributed by atoms with Crippen LogP contribution in [0.2, 0.25) is 0 Å². The van der Waals surface area contributed by atoms with Crippen molar-refractivity contribution in [3.63, 3.8) is 0 Å². The van der Waals surface area contributed by atoms with Crippen LogP contribution in [0.5, 0.6) is 23.0 Å². The Morgan fingerprint density at radius 2 is 2.00 bits per heavy atom. The van der Waals surface area contributed by atoms with Crippen molar-refractivity contribution < 1.29 is 27.4 Å². The van der Waals surface area contributed by atoms with E-state index in [0.717, 1.165) is 23.9 Å². The van der Waals surface area contributed by atoms with Gasteiger partial charge in [0.2, 0.25) is 6.79 Å². The van der Waals surface area contributed by atoms with Crippen molar-refractivity contribution in [3.05, 3.63) is 42.0 Å². The number of amidine groups is 1. The maximum atomic E-state index is 13.1. The molecule has 27 heavy (non-hydrogen) atoms. The normalized spacial score (nSPS) is 13.2. The molecule has 0 amide bonds. The molecule has 0 fully saturated rings. The van der Waals surface area contributed by atoms with E-state index in [1.807, 2.05) is 0 Å². The second-order valence-electron chi connectivity index (χ2n) is 5.16. The molecule has 0 atom stereocenters. The second kappa shape index (κ2) is 7.67. The molecule has 1 aliphatic heterocycles. The molecular formula is C17H12F3N3O3S. The SMILES string of the molecule is CSC(=Nc1cc(C(F)(F)F)ccc1Oc1ccc2c(c1)OCO2)NC#N. The number of rotatable bonds is 3. The molecule has 0 bridgehead atoms. The van der Waals surface area contributed by atoms with Crippen molar-refractivity contribution in [2.24, 2.45) is 4.99 Å². The lowest BCUT2D eigenvalue weighted by Crippen LogP contribution is -2.12. The molecular weight excluding hydrogens is 383 g/mol. The number of thioether (sulfide) groups is 1. The van der Waals surface area contributed by atoms with Crippen molar-refractivity contribution in [1.29, 1.82) is 5.26 Å². The largest absolute Gasteiger partial charge is 0.455 e. The van der Waals surface area contributed by atoms with Gasteiger partial charge in [-0.25, -0.2) is 4.99 Å². The maximum absolute atomic E-state index is 13.1. The summed E-state index contributed by atoms with van der Waals surface area (Å²) in [5.74, 6) is 1.46. The Labute approximate surface area is 156 Å². The molecule has 140 valence electrons. The molecule has 2 aromatic rings. The van der Waals surface area contributed by atoms with E-state index in [1.165, 1.54) is 6.07 Å². The predicted molar refractivity (Wildman–Crippen MR) is 93.4 cm³/mol. The molecule has 0 radical (unpaired) electrons. The highest BCUT2D eigenvalue weighted by Gasteiger charge is 2.31. The first-order valence-corrected chi connectivity index (χ1v) is 8.69. The fourth-order valence-electron chi connectivity index (χ4n) is 2.22. The Hall–Kier alpha value is -3.06. The van der Waals surface area contributed by atoms with E-state index in [1.54, 1.807) is 30.6 Å². The third-order valence-electron chi connectivity index (χ3n) is 3.44. The van der Waals surface area contributed by atoms with E-state index < -0.39 is 11.7 Å². The highest BCUT2D eigenvalue weighted by Crippen LogP contribution is 2.41. The Kier molecular flexibility index (Phi) is 5.32. The Morgan fingerprint density at radius 1 is 1.22 bits per heavy atom. The highest BCUT2D eigenvalue weighted by atomic mass is 32.2. The third-order valence-corrected chi connectivity index (χ3v) is 4.02. The van der Waals surface area contributed by atoms with Crippen LogP contribution in [0.15, 0.2) is 41.4 Å². The summed E-state index contributed by atoms with van der Waals surface area (Å²) < 4.78 is 55.3. The highest BCUT2D eigenvalue weighted by molar-refractivity contribution is 8.13. The molecule has 0 aliphatic carbocycles. The van der Waals surface area contributed by atoms with Gasteiger partial charge >= 0.3 is 6.18 Å². The average molecular weight is 395 g/mol. The first-order chi connectivity index (χ1) is 12.9. The third kappa shape index (κ3) is 4.38. The van der Waals surface area contributed by atoms with E-state index in [9.17, 15) is 13.2 Å². The number of alkyl halides is 3. The Balaban J connectivity index is 1.99. The first-order valence-electron chi connectivity index (χ1n) is 7.47. The van der Waals surface area contributed by atoms with Crippen LogP contribution >= 0.6 is 11.8 Å². The zero-order valence-corrected chi connectivity index (χ0v) is 14.6. The molecule has 0 saturated carbocycles. The molecule has 3 rings (SSSR count). The van der Waals surface area contributed by atoms with Crippen LogP contribution in [0.4, 0.5) is 18.9 Å². The zero-order chi connectivity index (χ0) is 19.4. The number of nitriles is 1. The topological polar surface area (TPSA) is 75.9 Å². The minimum atomic E-state index is -4.54. The van der Waals surface area contributed by atoms with E-state index in [0.29, 0.717) is 17.2 Å².